The van der Waals surface area contributed by atoms with Gasteiger partial charge in [-0.25, -0.2) is 14.0 Å². The molecule has 1 aliphatic rings. The minimum Gasteiger partial charge on any atom is -0.356 e. The number of nitrogens with zero attached hydrogens (tertiary/aromatic N) is 6. The summed E-state index contributed by atoms with van der Waals surface area (Å²) in [6, 6.07) is 20.4. The molecule has 4 aromatic heterocycles. The van der Waals surface area contributed by atoms with Crippen LogP contribution < -0.4 is 19.0 Å². The van der Waals surface area contributed by atoms with Crippen molar-refractivity contribution in [2.45, 2.75) is 167 Å². The van der Waals surface area contributed by atoms with Gasteiger partial charge < -0.3 is 5.32 Å². The highest BCUT2D eigenvalue weighted by atomic mass is 17.1. The first-order valence-corrected chi connectivity index (χ1v) is 24.8. The maximum atomic E-state index is 12.6. The number of rotatable bonds is 31. The van der Waals surface area contributed by atoms with Crippen LogP contribution >= 0.6 is 0 Å². The number of amides is 1. The van der Waals surface area contributed by atoms with Gasteiger partial charge in [-0.3, -0.25) is 15.0 Å². The number of hydrogen-bond acceptors (Lipinski definition) is 4. The zero-order valence-electron chi connectivity index (χ0n) is 40.1. The molecule has 4 atom stereocenters. The SMILES string of the molecule is CCCC(CC(CC(CC)c1cc[n+](CCCCCC(=O)NCCCCCC[N+]2=CC=[N+](C)C2c2cccc(C)[n+]2C)cc1)c1ccncc1)c1cc[n+](CCCCCCOO)cc1. The Morgan fingerprint density at radius 3 is 1.95 bits per heavy atom. The van der Waals surface area contributed by atoms with E-state index in [-0.39, 0.29) is 12.1 Å². The third-order valence-electron chi connectivity index (χ3n) is 13.6. The molecule has 0 bridgehead atoms. The molecule has 0 saturated carbocycles. The first-order chi connectivity index (χ1) is 31.3. The van der Waals surface area contributed by atoms with Gasteiger partial charge in [0.1, 0.15) is 27.2 Å². The summed E-state index contributed by atoms with van der Waals surface area (Å²) in [5.74, 6) is 1.61. The molecule has 1 aliphatic heterocycles. The summed E-state index contributed by atoms with van der Waals surface area (Å²) in [6.07, 6.45) is 35.7. The summed E-state index contributed by atoms with van der Waals surface area (Å²) in [5, 5.41) is 11.7. The predicted octanol–water partition coefficient (Wildman–Crippen LogP) is 9.23. The molecular formula is C54H82N7O3+5. The lowest BCUT2D eigenvalue weighted by Crippen LogP contribution is -2.42. The summed E-state index contributed by atoms with van der Waals surface area (Å²) < 4.78 is 11.6. The second kappa shape index (κ2) is 28.3. The first kappa shape index (κ1) is 50.3. The minimum absolute atomic E-state index is 0.189. The van der Waals surface area contributed by atoms with E-state index in [1.165, 1.54) is 40.9 Å². The summed E-state index contributed by atoms with van der Waals surface area (Å²) >= 11 is 0. The molecule has 346 valence electrons. The molecule has 1 amide bonds. The lowest BCUT2D eigenvalue weighted by atomic mass is 9.77. The summed E-state index contributed by atoms with van der Waals surface area (Å²) in [4.78, 5) is 21.2. The van der Waals surface area contributed by atoms with Crippen LogP contribution in [-0.4, -0.2) is 64.5 Å². The lowest BCUT2D eigenvalue weighted by molar-refractivity contribution is -0.801. The van der Waals surface area contributed by atoms with Crippen molar-refractivity contribution >= 4 is 18.3 Å². The third kappa shape index (κ3) is 16.4. The van der Waals surface area contributed by atoms with Gasteiger partial charge in [-0.1, -0.05) is 33.1 Å². The largest absolute Gasteiger partial charge is 0.428 e. The Morgan fingerprint density at radius 1 is 0.703 bits per heavy atom. The molecule has 4 aromatic rings. The molecule has 0 radical (unpaired) electrons. The maximum absolute atomic E-state index is 12.6. The van der Waals surface area contributed by atoms with Crippen molar-refractivity contribution in [3.8, 4) is 0 Å². The number of hydrogen-bond donors (Lipinski definition) is 2. The van der Waals surface area contributed by atoms with Gasteiger partial charge in [-0.2, -0.15) is 13.7 Å². The topological polar surface area (TPSA) is 89.1 Å². The van der Waals surface area contributed by atoms with Crippen LogP contribution in [0.1, 0.15) is 175 Å². The van der Waals surface area contributed by atoms with Crippen molar-refractivity contribution < 1.29 is 37.8 Å². The molecule has 0 aromatic carbocycles. The second-order valence-electron chi connectivity index (χ2n) is 18.3. The van der Waals surface area contributed by atoms with Crippen molar-refractivity contribution in [2.75, 3.05) is 26.7 Å². The van der Waals surface area contributed by atoms with Crippen LogP contribution in [-0.2, 0) is 29.8 Å². The van der Waals surface area contributed by atoms with Crippen LogP contribution in [0.5, 0.6) is 0 Å². The van der Waals surface area contributed by atoms with Gasteiger partial charge in [0, 0.05) is 87.9 Å². The Labute approximate surface area is 385 Å². The van der Waals surface area contributed by atoms with Crippen LogP contribution in [0.4, 0.5) is 0 Å². The van der Waals surface area contributed by atoms with E-state index in [9.17, 15) is 4.79 Å². The fraction of sp³-hybridized carbons (Fsp3) is 0.574. The van der Waals surface area contributed by atoms with Crippen LogP contribution in [0.15, 0.2) is 91.8 Å². The monoisotopic (exact) mass is 877 g/mol. The molecule has 10 heteroatoms. The average molecular weight is 877 g/mol. The van der Waals surface area contributed by atoms with E-state index < -0.39 is 0 Å². The van der Waals surface area contributed by atoms with Crippen molar-refractivity contribution in [1.29, 1.82) is 0 Å². The zero-order valence-corrected chi connectivity index (χ0v) is 40.1. The number of carbonyl (C=O) groups is 1. The van der Waals surface area contributed by atoms with Crippen LogP contribution in [0.3, 0.4) is 0 Å². The highest BCUT2D eigenvalue weighted by Crippen LogP contribution is 2.39. The molecule has 2 N–H and O–H groups in total. The molecule has 0 spiro atoms. The Hall–Kier alpha value is -4.67. The molecule has 0 fully saturated rings. The molecular weight excluding hydrogens is 795 g/mol. The Balaban J connectivity index is 0.992. The van der Waals surface area contributed by atoms with Crippen LogP contribution in [0.2, 0.25) is 0 Å². The lowest BCUT2D eigenvalue weighted by Gasteiger charge is -2.27. The standard InChI is InChI=1S/C54H80N7O3/c1-6-20-50(49-28-38-59(39-29-49)33-15-10-11-18-42-64-63)44-51(47-24-31-55-32-25-47)43-46(7-2)48-26-36-60(37-27-48)34-16-12-13-23-53(62)56-30-14-8-9-17-35-61-41-40-57(4)54(61)52-22-19-21-45(3)58(52)5/h19,21-22,24-29,31-32,36-41,46,50-51,54H,6-18,20,23,30,33-35,42-44H2,1-5H3/q+3/p+2. The molecule has 5 rings (SSSR count). The van der Waals surface area contributed by atoms with Gasteiger partial charge in [0.05, 0.1) is 6.61 Å². The Morgan fingerprint density at radius 2 is 1.30 bits per heavy atom. The minimum atomic E-state index is 0.189. The Bertz CT molecular complexity index is 2000. The zero-order chi connectivity index (χ0) is 45.4. The van der Waals surface area contributed by atoms with Crippen LogP contribution in [0.25, 0.3) is 0 Å². The summed E-state index contributed by atoms with van der Waals surface area (Å²) in [7, 11) is 4.31. The molecule has 64 heavy (non-hydrogen) atoms. The third-order valence-corrected chi connectivity index (χ3v) is 13.6. The normalized spacial score (nSPS) is 15.1. The molecule has 5 heterocycles. The average Bonchev–Trinajstić information content (AvgIpc) is 3.68. The van der Waals surface area contributed by atoms with E-state index >= 15 is 0 Å². The van der Waals surface area contributed by atoms with Gasteiger partial charge in [0.25, 0.3) is 0 Å². The van der Waals surface area contributed by atoms with Crippen molar-refractivity contribution in [1.82, 2.24) is 10.3 Å². The number of nitrogens with one attached hydrogen (secondary N) is 1. The fourth-order valence-corrected chi connectivity index (χ4v) is 9.57. The molecule has 0 saturated heterocycles. The summed E-state index contributed by atoms with van der Waals surface area (Å²) in [6.45, 7) is 11.0. The van der Waals surface area contributed by atoms with E-state index in [0.717, 1.165) is 116 Å². The first-order valence-electron chi connectivity index (χ1n) is 24.8. The number of aryl methyl sites for hydroxylation is 3. The molecule has 10 nitrogen and oxygen atoms in total. The number of unbranched alkanes of at least 4 members (excludes halogenated alkanes) is 8. The van der Waals surface area contributed by atoms with Gasteiger partial charge in [0.15, 0.2) is 37.0 Å². The fourth-order valence-electron chi connectivity index (χ4n) is 9.57. The van der Waals surface area contributed by atoms with Crippen molar-refractivity contribution in [3.05, 3.63) is 120 Å². The van der Waals surface area contributed by atoms with Gasteiger partial charge in [-0.15, -0.1) is 0 Å². The van der Waals surface area contributed by atoms with Crippen LogP contribution in [0, 0.1) is 6.92 Å². The van der Waals surface area contributed by atoms with Gasteiger partial charge >= 0.3 is 11.9 Å². The second-order valence-corrected chi connectivity index (χ2v) is 18.3. The predicted molar refractivity (Wildman–Crippen MR) is 256 cm³/mol. The Kier molecular flexibility index (Phi) is 22.2. The molecule has 0 aliphatic carbocycles. The summed E-state index contributed by atoms with van der Waals surface area (Å²) in [5.41, 5.74) is 6.82. The number of pyridine rings is 4. The van der Waals surface area contributed by atoms with E-state index in [1.54, 1.807) is 0 Å². The van der Waals surface area contributed by atoms with E-state index in [4.69, 9.17) is 5.26 Å². The maximum Gasteiger partial charge on any atom is 0.428 e. The number of aromatic nitrogens is 4. The highest BCUT2D eigenvalue weighted by molar-refractivity contribution is 6.11. The van der Waals surface area contributed by atoms with Gasteiger partial charge in [-0.05, 0) is 117 Å². The highest BCUT2D eigenvalue weighted by Gasteiger charge is 2.41. The van der Waals surface area contributed by atoms with E-state index in [2.05, 4.69) is 165 Å². The van der Waals surface area contributed by atoms with Crippen molar-refractivity contribution in [3.63, 3.8) is 0 Å². The number of carbonyl (C=O) groups excluding carboxylic acids is 1. The van der Waals surface area contributed by atoms with Gasteiger partial charge in [0.2, 0.25) is 18.3 Å². The van der Waals surface area contributed by atoms with Crippen molar-refractivity contribution in [2.24, 2.45) is 7.05 Å². The van der Waals surface area contributed by atoms with E-state index in [0.29, 0.717) is 30.8 Å². The smallest absolute Gasteiger partial charge is 0.356 e. The quantitative estimate of drug-likeness (QED) is 0.0229. The molecule has 4 unspecified atom stereocenters. The van der Waals surface area contributed by atoms with E-state index in [1.807, 2.05) is 12.4 Å².